The minimum atomic E-state index is 0.602. The van der Waals surface area contributed by atoms with Crippen molar-refractivity contribution in [1.29, 1.82) is 0 Å². The lowest BCUT2D eigenvalue weighted by Gasteiger charge is -2.47. The maximum atomic E-state index is 3.51. The Balaban J connectivity index is 0.000000815. The molecule has 4 rings (SSSR count). The molecule has 0 spiro atoms. The first-order valence-electron chi connectivity index (χ1n) is 10.8. The van der Waals surface area contributed by atoms with Gasteiger partial charge < -0.3 is 5.32 Å². The van der Waals surface area contributed by atoms with Crippen LogP contribution in [0.2, 0.25) is 0 Å². The van der Waals surface area contributed by atoms with Gasteiger partial charge in [-0.25, -0.2) is 0 Å². The molecule has 2 heterocycles. The van der Waals surface area contributed by atoms with Crippen LogP contribution in [0.5, 0.6) is 0 Å². The van der Waals surface area contributed by atoms with Crippen LogP contribution in [0.25, 0.3) is 0 Å². The van der Waals surface area contributed by atoms with Gasteiger partial charge in [0.15, 0.2) is 0 Å². The van der Waals surface area contributed by atoms with Crippen molar-refractivity contribution in [3.8, 4) is 0 Å². The highest BCUT2D eigenvalue weighted by Crippen LogP contribution is 2.62. The number of hydrogen-bond donors (Lipinski definition) is 1. The molecule has 2 aliphatic carbocycles. The lowest BCUT2D eigenvalue weighted by Crippen LogP contribution is -2.58. The van der Waals surface area contributed by atoms with Gasteiger partial charge in [0.05, 0.1) is 0 Å². The molecule has 0 amide bonds. The highest BCUT2D eigenvalue weighted by Gasteiger charge is 2.57. The summed E-state index contributed by atoms with van der Waals surface area (Å²) in [5.41, 5.74) is 1.30. The van der Waals surface area contributed by atoms with Crippen LogP contribution in [0.15, 0.2) is 0 Å². The summed E-state index contributed by atoms with van der Waals surface area (Å²) in [5.74, 6) is 0.882. The quantitative estimate of drug-likeness (QED) is 0.847. The van der Waals surface area contributed by atoms with E-state index in [1.165, 1.54) is 84.2 Å². The Labute approximate surface area is 150 Å². The molecule has 2 saturated heterocycles. The summed E-state index contributed by atoms with van der Waals surface area (Å²) in [7, 11) is 0. The van der Waals surface area contributed by atoms with Crippen molar-refractivity contribution in [3.05, 3.63) is 0 Å². The van der Waals surface area contributed by atoms with Crippen molar-refractivity contribution in [3.63, 3.8) is 0 Å². The van der Waals surface area contributed by atoms with Crippen molar-refractivity contribution in [2.75, 3.05) is 39.3 Å². The van der Waals surface area contributed by atoms with Gasteiger partial charge in [0.2, 0.25) is 0 Å². The predicted molar refractivity (Wildman–Crippen MR) is 103 cm³/mol. The summed E-state index contributed by atoms with van der Waals surface area (Å²) in [6.07, 6.45) is 10.2. The molecule has 2 aliphatic heterocycles. The Kier molecular flexibility index (Phi) is 5.94. The number of hydrogen-bond acceptors (Lipinski definition) is 3. The van der Waals surface area contributed by atoms with E-state index in [0.29, 0.717) is 11.0 Å². The Hall–Kier alpha value is -0.120. The minimum Gasteiger partial charge on any atom is -0.317 e. The number of piperazine rings is 1. The molecule has 2 saturated carbocycles. The van der Waals surface area contributed by atoms with E-state index in [4.69, 9.17) is 0 Å². The van der Waals surface area contributed by atoms with Crippen molar-refractivity contribution in [2.45, 2.75) is 84.2 Å². The third-order valence-corrected chi connectivity index (χ3v) is 7.89. The third kappa shape index (κ3) is 3.29. The summed E-state index contributed by atoms with van der Waals surface area (Å²) < 4.78 is 0. The second-order valence-corrected chi connectivity index (χ2v) is 8.92. The molecule has 1 N–H and O–H groups in total. The number of nitrogens with zero attached hydrogens (tertiary/aromatic N) is 2. The predicted octanol–water partition coefficient (Wildman–Crippen LogP) is 3.74. The zero-order valence-electron chi connectivity index (χ0n) is 16.7. The molecule has 0 aromatic heterocycles. The number of fused-ring (bicyclic) bond motifs is 2. The van der Waals surface area contributed by atoms with E-state index >= 15 is 0 Å². The summed E-state index contributed by atoms with van der Waals surface area (Å²) in [4.78, 5) is 5.72. The fourth-order valence-corrected chi connectivity index (χ4v) is 6.16. The van der Waals surface area contributed by atoms with Gasteiger partial charge in [-0.05, 0) is 69.4 Å². The van der Waals surface area contributed by atoms with E-state index < -0.39 is 0 Å². The van der Waals surface area contributed by atoms with E-state index in [9.17, 15) is 0 Å². The topological polar surface area (TPSA) is 18.5 Å². The highest BCUT2D eigenvalue weighted by molar-refractivity contribution is 5.12. The van der Waals surface area contributed by atoms with Crippen molar-refractivity contribution in [1.82, 2.24) is 15.1 Å². The molecule has 3 heteroatoms. The van der Waals surface area contributed by atoms with Crippen molar-refractivity contribution >= 4 is 0 Å². The van der Waals surface area contributed by atoms with Crippen molar-refractivity contribution in [2.24, 2.45) is 11.3 Å². The van der Waals surface area contributed by atoms with Crippen LogP contribution in [0.3, 0.4) is 0 Å². The van der Waals surface area contributed by atoms with E-state index in [-0.39, 0.29) is 0 Å². The van der Waals surface area contributed by atoms with E-state index in [2.05, 4.69) is 29.0 Å². The standard InChI is InChI=1S/C19H35N3.C2H6/c1-16(2)18-5-7-19(15-18,8-6-18)22-13-11-21(12-14-22)17-3-9-20-10-4-17;1-2/h16-17,20H,3-15H2,1-2H3;1-2H3. The van der Waals surface area contributed by atoms with Crippen molar-refractivity contribution < 1.29 is 0 Å². The molecule has 3 nitrogen and oxygen atoms in total. The van der Waals surface area contributed by atoms with Gasteiger partial charge in [-0.15, -0.1) is 0 Å². The maximum absolute atomic E-state index is 3.51. The summed E-state index contributed by atoms with van der Waals surface area (Å²) in [5, 5.41) is 3.51. The molecule has 0 radical (unpaired) electrons. The van der Waals surface area contributed by atoms with Crippen LogP contribution in [-0.4, -0.2) is 60.6 Å². The van der Waals surface area contributed by atoms with Crippen LogP contribution < -0.4 is 5.32 Å². The molecule has 0 atom stereocenters. The van der Waals surface area contributed by atoms with Gasteiger partial charge in [0.1, 0.15) is 0 Å². The molecular formula is C21H41N3. The zero-order chi connectivity index (χ0) is 17.2. The molecule has 0 unspecified atom stereocenters. The van der Waals surface area contributed by atoms with Gasteiger partial charge in [0, 0.05) is 37.8 Å². The first kappa shape index (κ1) is 18.7. The summed E-state index contributed by atoms with van der Waals surface area (Å²) in [6.45, 7) is 16.7. The molecule has 2 bridgehead atoms. The molecular weight excluding hydrogens is 294 g/mol. The minimum absolute atomic E-state index is 0.602. The highest BCUT2D eigenvalue weighted by atomic mass is 15.3. The van der Waals surface area contributed by atoms with Crippen LogP contribution in [0, 0.1) is 11.3 Å². The normalized spacial score (nSPS) is 38.4. The van der Waals surface area contributed by atoms with Gasteiger partial charge in [-0.2, -0.15) is 0 Å². The van der Waals surface area contributed by atoms with Crippen LogP contribution in [0.4, 0.5) is 0 Å². The van der Waals surface area contributed by atoms with E-state index in [0.717, 1.165) is 12.0 Å². The molecule has 4 aliphatic rings. The van der Waals surface area contributed by atoms with E-state index in [1.807, 2.05) is 13.8 Å². The van der Waals surface area contributed by atoms with Gasteiger partial charge in [-0.1, -0.05) is 27.7 Å². The lowest BCUT2D eigenvalue weighted by atomic mass is 9.75. The number of rotatable bonds is 3. The SMILES string of the molecule is CC.CC(C)C12CCC(N3CCN(C4CCNCC4)CC3)(CC1)C2. The van der Waals surface area contributed by atoms with Gasteiger partial charge >= 0.3 is 0 Å². The molecule has 0 aromatic rings. The smallest absolute Gasteiger partial charge is 0.0216 e. The van der Waals surface area contributed by atoms with Crippen LogP contribution in [-0.2, 0) is 0 Å². The summed E-state index contributed by atoms with van der Waals surface area (Å²) in [6, 6.07) is 0.864. The monoisotopic (exact) mass is 335 g/mol. The first-order chi connectivity index (χ1) is 11.6. The Morgan fingerprint density at radius 3 is 1.96 bits per heavy atom. The number of piperidine rings is 1. The lowest BCUT2D eigenvalue weighted by molar-refractivity contribution is 0.0158. The third-order valence-electron chi connectivity index (χ3n) is 7.89. The first-order valence-corrected chi connectivity index (χ1v) is 10.8. The average molecular weight is 336 g/mol. The molecule has 140 valence electrons. The average Bonchev–Trinajstić information content (AvgIpc) is 3.24. The largest absolute Gasteiger partial charge is 0.317 e. The fraction of sp³-hybridized carbons (Fsp3) is 1.00. The van der Waals surface area contributed by atoms with Crippen LogP contribution in [0.1, 0.15) is 72.6 Å². The zero-order valence-corrected chi connectivity index (χ0v) is 16.7. The molecule has 0 aromatic carbocycles. The molecule has 4 fully saturated rings. The van der Waals surface area contributed by atoms with E-state index in [1.54, 1.807) is 0 Å². The van der Waals surface area contributed by atoms with Gasteiger partial charge in [-0.3, -0.25) is 9.80 Å². The Morgan fingerprint density at radius 1 is 0.875 bits per heavy atom. The van der Waals surface area contributed by atoms with Gasteiger partial charge in [0.25, 0.3) is 0 Å². The second-order valence-electron chi connectivity index (χ2n) is 8.92. The Morgan fingerprint density at radius 2 is 1.46 bits per heavy atom. The Bertz CT molecular complexity index is 384. The van der Waals surface area contributed by atoms with Crippen LogP contribution >= 0.6 is 0 Å². The maximum Gasteiger partial charge on any atom is 0.0216 e. The summed E-state index contributed by atoms with van der Waals surface area (Å²) >= 11 is 0. The second kappa shape index (κ2) is 7.63. The number of nitrogens with one attached hydrogen (secondary N) is 1. The fourth-order valence-electron chi connectivity index (χ4n) is 6.16. The molecule has 24 heavy (non-hydrogen) atoms.